The molecular weight excluding hydrogens is 172 g/mol. The number of hydrogen-bond donors (Lipinski definition) is 1. The first-order valence-corrected chi connectivity index (χ1v) is 5.15. The van der Waals surface area contributed by atoms with Crippen LogP contribution in [0.5, 0.6) is 0 Å². The molecule has 0 fully saturated rings. The monoisotopic (exact) mass is 190 g/mol. The Morgan fingerprint density at radius 3 is 2.93 bits per heavy atom. The number of aryl methyl sites for hydroxylation is 1. The van der Waals surface area contributed by atoms with Crippen molar-refractivity contribution in [3.05, 3.63) is 48.0 Å². The van der Waals surface area contributed by atoms with Gasteiger partial charge in [-0.25, -0.2) is 0 Å². The summed E-state index contributed by atoms with van der Waals surface area (Å²) in [6, 6.07) is 8.16. The van der Waals surface area contributed by atoms with Gasteiger partial charge in [-0.1, -0.05) is 43.7 Å². The van der Waals surface area contributed by atoms with E-state index in [9.17, 15) is 5.11 Å². The molecule has 1 aromatic carbocycles. The third kappa shape index (κ3) is 3.00. The minimum Gasteiger partial charge on any atom is -0.388 e. The second-order valence-electron chi connectivity index (χ2n) is 3.54. The second-order valence-corrected chi connectivity index (χ2v) is 3.54. The molecule has 1 aromatic rings. The van der Waals surface area contributed by atoms with E-state index < -0.39 is 6.10 Å². The Labute approximate surface area is 86.1 Å². The molecule has 1 rings (SSSR count). The largest absolute Gasteiger partial charge is 0.388 e. The van der Waals surface area contributed by atoms with Crippen LogP contribution in [-0.4, -0.2) is 5.11 Å². The molecule has 0 amide bonds. The zero-order valence-corrected chi connectivity index (χ0v) is 8.74. The van der Waals surface area contributed by atoms with Crippen LogP contribution >= 0.6 is 0 Å². The molecule has 1 N–H and O–H groups in total. The standard InChI is InChI=1S/C13H18O/c1-3-6-11-8-5-9-12(10-11)13(14)7-4-2/h4-5,8-10,13-14H,2-3,6-7H2,1H3. The van der Waals surface area contributed by atoms with Gasteiger partial charge in [0.25, 0.3) is 0 Å². The molecule has 0 aliphatic carbocycles. The molecule has 1 heteroatoms. The molecule has 0 aromatic heterocycles. The molecule has 0 bridgehead atoms. The van der Waals surface area contributed by atoms with E-state index in [-0.39, 0.29) is 0 Å². The predicted octanol–water partition coefficient (Wildman–Crippen LogP) is 3.25. The van der Waals surface area contributed by atoms with Gasteiger partial charge in [0, 0.05) is 0 Å². The number of hydrogen-bond acceptors (Lipinski definition) is 1. The molecule has 0 saturated heterocycles. The lowest BCUT2D eigenvalue weighted by molar-refractivity contribution is 0.181. The van der Waals surface area contributed by atoms with Crippen molar-refractivity contribution in [1.29, 1.82) is 0 Å². The van der Waals surface area contributed by atoms with Crippen molar-refractivity contribution in [2.45, 2.75) is 32.3 Å². The topological polar surface area (TPSA) is 20.2 Å². The van der Waals surface area contributed by atoms with Crippen LogP contribution in [0.3, 0.4) is 0 Å². The molecule has 1 nitrogen and oxygen atoms in total. The fourth-order valence-corrected chi connectivity index (χ4v) is 1.54. The lowest BCUT2D eigenvalue weighted by Crippen LogP contribution is -1.96. The second kappa shape index (κ2) is 5.61. The molecule has 0 aliphatic heterocycles. The van der Waals surface area contributed by atoms with Crippen LogP contribution in [0.15, 0.2) is 36.9 Å². The summed E-state index contributed by atoms with van der Waals surface area (Å²) < 4.78 is 0. The van der Waals surface area contributed by atoms with Crippen molar-refractivity contribution >= 4 is 0 Å². The number of aliphatic hydroxyl groups excluding tert-OH is 1. The lowest BCUT2D eigenvalue weighted by atomic mass is 10.0. The highest BCUT2D eigenvalue weighted by molar-refractivity contribution is 5.25. The van der Waals surface area contributed by atoms with Gasteiger partial charge in [0.05, 0.1) is 6.10 Å². The average molecular weight is 190 g/mol. The molecule has 0 radical (unpaired) electrons. The van der Waals surface area contributed by atoms with Crippen LogP contribution < -0.4 is 0 Å². The van der Waals surface area contributed by atoms with Gasteiger partial charge in [0.2, 0.25) is 0 Å². The molecule has 1 unspecified atom stereocenters. The Morgan fingerprint density at radius 2 is 2.29 bits per heavy atom. The maximum atomic E-state index is 9.74. The first-order chi connectivity index (χ1) is 6.77. The molecular formula is C13H18O. The molecule has 76 valence electrons. The number of rotatable bonds is 5. The van der Waals surface area contributed by atoms with Crippen molar-refractivity contribution in [3.8, 4) is 0 Å². The zero-order valence-electron chi connectivity index (χ0n) is 8.74. The molecule has 0 spiro atoms. The van der Waals surface area contributed by atoms with E-state index in [0.29, 0.717) is 6.42 Å². The molecule has 0 aliphatic rings. The SMILES string of the molecule is C=CCC(O)c1cccc(CCC)c1. The van der Waals surface area contributed by atoms with Crippen LogP contribution in [-0.2, 0) is 6.42 Å². The Hall–Kier alpha value is -1.08. The minimum atomic E-state index is -0.399. The first kappa shape index (κ1) is 11.0. The Kier molecular flexibility index (Phi) is 4.41. The van der Waals surface area contributed by atoms with Crippen LogP contribution in [0.2, 0.25) is 0 Å². The van der Waals surface area contributed by atoms with Crippen molar-refractivity contribution in [2.24, 2.45) is 0 Å². The fraction of sp³-hybridized carbons (Fsp3) is 0.385. The molecule has 14 heavy (non-hydrogen) atoms. The summed E-state index contributed by atoms with van der Waals surface area (Å²) in [4.78, 5) is 0. The summed E-state index contributed by atoms with van der Waals surface area (Å²) in [5, 5.41) is 9.74. The van der Waals surface area contributed by atoms with Gasteiger partial charge in [-0.05, 0) is 24.0 Å². The quantitative estimate of drug-likeness (QED) is 0.707. The lowest BCUT2D eigenvalue weighted by Gasteiger charge is -2.09. The van der Waals surface area contributed by atoms with Gasteiger partial charge in [0.1, 0.15) is 0 Å². The highest BCUT2D eigenvalue weighted by Crippen LogP contribution is 2.18. The van der Waals surface area contributed by atoms with Gasteiger partial charge >= 0.3 is 0 Å². The Balaban J connectivity index is 2.76. The number of aliphatic hydroxyl groups is 1. The van der Waals surface area contributed by atoms with Crippen molar-refractivity contribution in [2.75, 3.05) is 0 Å². The fourth-order valence-electron chi connectivity index (χ4n) is 1.54. The summed E-state index contributed by atoms with van der Waals surface area (Å²) in [6.07, 6.45) is 4.19. The van der Waals surface area contributed by atoms with E-state index in [1.165, 1.54) is 5.56 Å². The van der Waals surface area contributed by atoms with Crippen LogP contribution in [0, 0.1) is 0 Å². The summed E-state index contributed by atoms with van der Waals surface area (Å²) >= 11 is 0. The van der Waals surface area contributed by atoms with Gasteiger partial charge in [-0.2, -0.15) is 0 Å². The third-order valence-corrected chi connectivity index (χ3v) is 2.26. The van der Waals surface area contributed by atoms with Crippen LogP contribution in [0.25, 0.3) is 0 Å². The summed E-state index contributed by atoms with van der Waals surface area (Å²) in [5.41, 5.74) is 2.30. The van der Waals surface area contributed by atoms with E-state index in [4.69, 9.17) is 0 Å². The Bertz CT molecular complexity index is 291. The highest BCUT2D eigenvalue weighted by atomic mass is 16.3. The van der Waals surface area contributed by atoms with Gasteiger partial charge in [0.15, 0.2) is 0 Å². The smallest absolute Gasteiger partial charge is 0.0824 e. The van der Waals surface area contributed by atoms with Crippen LogP contribution in [0.4, 0.5) is 0 Å². The van der Waals surface area contributed by atoms with E-state index in [1.807, 2.05) is 12.1 Å². The summed E-state index contributed by atoms with van der Waals surface area (Å²) in [7, 11) is 0. The Morgan fingerprint density at radius 1 is 1.50 bits per heavy atom. The van der Waals surface area contributed by atoms with E-state index >= 15 is 0 Å². The molecule has 0 saturated carbocycles. The minimum absolute atomic E-state index is 0.399. The highest BCUT2D eigenvalue weighted by Gasteiger charge is 2.05. The van der Waals surface area contributed by atoms with E-state index in [0.717, 1.165) is 18.4 Å². The van der Waals surface area contributed by atoms with E-state index in [1.54, 1.807) is 6.08 Å². The van der Waals surface area contributed by atoms with Gasteiger partial charge < -0.3 is 5.11 Å². The maximum absolute atomic E-state index is 9.74. The van der Waals surface area contributed by atoms with Crippen molar-refractivity contribution in [3.63, 3.8) is 0 Å². The predicted molar refractivity (Wildman–Crippen MR) is 60.2 cm³/mol. The van der Waals surface area contributed by atoms with Gasteiger partial charge in [-0.3, -0.25) is 0 Å². The summed E-state index contributed by atoms with van der Waals surface area (Å²) in [6.45, 7) is 5.78. The number of benzene rings is 1. The van der Waals surface area contributed by atoms with Crippen LogP contribution in [0.1, 0.15) is 37.0 Å². The van der Waals surface area contributed by atoms with E-state index in [2.05, 4.69) is 25.6 Å². The average Bonchev–Trinajstić information content (AvgIpc) is 2.19. The zero-order chi connectivity index (χ0) is 10.4. The summed E-state index contributed by atoms with van der Waals surface area (Å²) in [5.74, 6) is 0. The van der Waals surface area contributed by atoms with Gasteiger partial charge in [-0.15, -0.1) is 6.58 Å². The van der Waals surface area contributed by atoms with Crippen molar-refractivity contribution in [1.82, 2.24) is 0 Å². The third-order valence-electron chi connectivity index (χ3n) is 2.26. The van der Waals surface area contributed by atoms with Crippen molar-refractivity contribution < 1.29 is 5.11 Å². The normalized spacial score (nSPS) is 12.4. The first-order valence-electron chi connectivity index (χ1n) is 5.15. The maximum Gasteiger partial charge on any atom is 0.0824 e. The molecule has 0 heterocycles. The molecule has 1 atom stereocenters.